The van der Waals surface area contributed by atoms with E-state index in [1.54, 1.807) is 0 Å². The highest BCUT2D eigenvalue weighted by Gasteiger charge is 2.38. The lowest BCUT2D eigenvalue weighted by molar-refractivity contribution is 0.420. The molecule has 0 radical (unpaired) electrons. The van der Waals surface area contributed by atoms with Crippen molar-refractivity contribution in [2.24, 2.45) is 5.92 Å². The third kappa shape index (κ3) is 2.89. The Hall–Kier alpha value is -1.16. The number of aromatic nitrogens is 2. The van der Waals surface area contributed by atoms with E-state index in [0.29, 0.717) is 0 Å². The van der Waals surface area contributed by atoms with Gasteiger partial charge in [-0.3, -0.25) is 0 Å². The summed E-state index contributed by atoms with van der Waals surface area (Å²) in [4.78, 5) is 2.45. The molecule has 0 spiro atoms. The highest BCUT2D eigenvalue weighted by atomic mass is 15.3. The summed E-state index contributed by atoms with van der Waals surface area (Å²) in [5, 5.41) is 12.2. The number of hydrogen-bond donors (Lipinski definition) is 1. The minimum Gasteiger partial charge on any atom is -0.352 e. The minimum absolute atomic E-state index is 0.119. The van der Waals surface area contributed by atoms with E-state index in [0.717, 1.165) is 30.0 Å². The molecule has 0 amide bonds. The van der Waals surface area contributed by atoms with Gasteiger partial charge in [-0.05, 0) is 58.1 Å². The first-order valence-electron chi connectivity index (χ1n) is 7.35. The maximum absolute atomic E-state index is 4.42. The van der Waals surface area contributed by atoms with E-state index >= 15 is 0 Å². The first kappa shape index (κ1) is 12.9. The molecule has 1 aliphatic heterocycles. The maximum Gasteiger partial charge on any atom is 0.151 e. The van der Waals surface area contributed by atoms with Crippen LogP contribution in [0.4, 0.5) is 5.82 Å². The minimum atomic E-state index is 0.119. The van der Waals surface area contributed by atoms with E-state index < -0.39 is 0 Å². The van der Waals surface area contributed by atoms with E-state index in [2.05, 4.69) is 53.3 Å². The normalized spacial score (nSPS) is 26.2. The van der Waals surface area contributed by atoms with Gasteiger partial charge in [0.2, 0.25) is 0 Å². The van der Waals surface area contributed by atoms with E-state index in [4.69, 9.17) is 0 Å². The molecule has 2 bridgehead atoms. The average Bonchev–Trinajstić information content (AvgIpc) is 2.98. The van der Waals surface area contributed by atoms with Crippen molar-refractivity contribution in [1.29, 1.82) is 0 Å². The van der Waals surface area contributed by atoms with Crippen LogP contribution in [0.3, 0.4) is 0 Å². The number of piperidine rings is 1. The third-order valence-electron chi connectivity index (χ3n) is 4.21. The smallest absolute Gasteiger partial charge is 0.151 e. The fraction of sp³-hybridized carbons (Fsp3) is 0.733. The van der Waals surface area contributed by atoms with Gasteiger partial charge >= 0.3 is 0 Å². The summed E-state index contributed by atoms with van der Waals surface area (Å²) in [6.45, 7) is 8.45. The quantitative estimate of drug-likeness (QED) is 0.906. The SMILES string of the molecule is CC(C)(C)NCc1ccc(N2CC3CCC2C3)nn1. The van der Waals surface area contributed by atoms with Gasteiger partial charge in [0, 0.05) is 24.7 Å². The van der Waals surface area contributed by atoms with Crippen molar-refractivity contribution >= 4 is 5.82 Å². The van der Waals surface area contributed by atoms with E-state index in [9.17, 15) is 0 Å². The predicted molar refractivity (Wildman–Crippen MR) is 77.1 cm³/mol. The third-order valence-corrected chi connectivity index (χ3v) is 4.21. The number of nitrogens with zero attached hydrogens (tertiary/aromatic N) is 3. The molecule has 1 N–H and O–H groups in total. The van der Waals surface area contributed by atoms with E-state index in [1.807, 2.05) is 0 Å². The predicted octanol–water partition coefficient (Wildman–Crippen LogP) is 2.35. The zero-order valence-electron chi connectivity index (χ0n) is 12.2. The molecule has 1 aliphatic carbocycles. The summed E-state index contributed by atoms with van der Waals surface area (Å²) in [6, 6.07) is 4.96. The molecular weight excluding hydrogens is 236 g/mol. The first-order valence-corrected chi connectivity index (χ1v) is 7.35. The van der Waals surface area contributed by atoms with Gasteiger partial charge in [0.1, 0.15) is 0 Å². The second-order valence-electron chi connectivity index (χ2n) is 6.97. The lowest BCUT2D eigenvalue weighted by Gasteiger charge is -2.27. The van der Waals surface area contributed by atoms with Crippen LogP contribution in [0.25, 0.3) is 0 Å². The highest BCUT2D eigenvalue weighted by molar-refractivity contribution is 5.41. The number of fused-ring (bicyclic) bond motifs is 2. The Balaban J connectivity index is 1.63. The molecule has 2 fully saturated rings. The van der Waals surface area contributed by atoms with Crippen molar-refractivity contribution in [3.05, 3.63) is 17.8 Å². The van der Waals surface area contributed by atoms with Gasteiger partial charge < -0.3 is 10.2 Å². The van der Waals surface area contributed by atoms with Crippen LogP contribution in [0.1, 0.15) is 45.7 Å². The molecule has 4 nitrogen and oxygen atoms in total. The van der Waals surface area contributed by atoms with Gasteiger partial charge in [-0.15, -0.1) is 5.10 Å². The highest BCUT2D eigenvalue weighted by Crippen LogP contribution is 2.39. The zero-order chi connectivity index (χ0) is 13.5. The Morgan fingerprint density at radius 3 is 2.63 bits per heavy atom. The van der Waals surface area contributed by atoms with Crippen molar-refractivity contribution < 1.29 is 0 Å². The van der Waals surface area contributed by atoms with Gasteiger partial charge in [-0.1, -0.05) is 0 Å². The van der Waals surface area contributed by atoms with Crippen LogP contribution in [0.2, 0.25) is 0 Å². The summed E-state index contributed by atoms with van der Waals surface area (Å²) in [5.74, 6) is 1.96. The molecule has 4 heteroatoms. The molecule has 1 aromatic rings. The van der Waals surface area contributed by atoms with Crippen LogP contribution in [-0.2, 0) is 6.54 Å². The Kier molecular flexibility index (Phi) is 3.21. The number of nitrogens with one attached hydrogen (secondary N) is 1. The monoisotopic (exact) mass is 260 g/mol. The number of rotatable bonds is 3. The maximum atomic E-state index is 4.42. The van der Waals surface area contributed by atoms with E-state index in [-0.39, 0.29) is 5.54 Å². The Labute approximate surface area is 115 Å². The molecule has 2 heterocycles. The van der Waals surface area contributed by atoms with Crippen LogP contribution in [0, 0.1) is 5.92 Å². The van der Waals surface area contributed by atoms with Gasteiger partial charge in [0.05, 0.1) is 5.69 Å². The number of anilines is 1. The van der Waals surface area contributed by atoms with E-state index in [1.165, 1.54) is 25.8 Å². The second kappa shape index (κ2) is 4.75. The Bertz CT molecular complexity index is 434. The first-order chi connectivity index (χ1) is 9.01. The lowest BCUT2D eigenvalue weighted by Crippen LogP contribution is -2.35. The molecule has 1 saturated heterocycles. The van der Waals surface area contributed by atoms with Crippen molar-refractivity contribution in [3.8, 4) is 0 Å². The molecular formula is C15H24N4. The van der Waals surface area contributed by atoms with Crippen molar-refractivity contribution in [3.63, 3.8) is 0 Å². The fourth-order valence-electron chi connectivity index (χ4n) is 3.16. The summed E-state index contributed by atoms with van der Waals surface area (Å²) >= 11 is 0. The molecule has 1 aromatic heterocycles. The molecule has 104 valence electrons. The molecule has 0 aromatic carbocycles. The summed E-state index contributed by atoms with van der Waals surface area (Å²) < 4.78 is 0. The fourth-order valence-corrected chi connectivity index (χ4v) is 3.16. The van der Waals surface area contributed by atoms with Gasteiger partial charge in [-0.25, -0.2) is 0 Å². The van der Waals surface area contributed by atoms with Crippen molar-refractivity contribution in [1.82, 2.24) is 15.5 Å². The van der Waals surface area contributed by atoms with Gasteiger partial charge in [0.15, 0.2) is 5.82 Å². The standard InChI is InChI=1S/C15H24N4/c1-15(2,3)16-9-12-5-7-14(18-17-12)19-10-11-4-6-13(19)8-11/h5,7,11,13,16H,4,6,8-10H2,1-3H3. The Morgan fingerprint density at radius 1 is 1.26 bits per heavy atom. The van der Waals surface area contributed by atoms with Crippen LogP contribution in [-0.4, -0.2) is 28.3 Å². The lowest BCUT2D eigenvalue weighted by atomic mass is 10.1. The van der Waals surface area contributed by atoms with Crippen LogP contribution in [0.15, 0.2) is 12.1 Å². The second-order valence-corrected chi connectivity index (χ2v) is 6.97. The summed E-state index contributed by atoms with van der Waals surface area (Å²) in [5.41, 5.74) is 1.14. The zero-order valence-corrected chi connectivity index (χ0v) is 12.2. The summed E-state index contributed by atoms with van der Waals surface area (Å²) in [7, 11) is 0. The molecule has 2 unspecified atom stereocenters. The summed E-state index contributed by atoms with van der Waals surface area (Å²) in [6.07, 6.45) is 4.09. The average molecular weight is 260 g/mol. The molecule has 3 rings (SSSR count). The van der Waals surface area contributed by atoms with Crippen LogP contribution < -0.4 is 10.2 Å². The molecule has 19 heavy (non-hydrogen) atoms. The largest absolute Gasteiger partial charge is 0.352 e. The number of hydrogen-bond acceptors (Lipinski definition) is 4. The van der Waals surface area contributed by atoms with Crippen LogP contribution >= 0.6 is 0 Å². The molecule has 2 atom stereocenters. The van der Waals surface area contributed by atoms with Gasteiger partial charge in [0.25, 0.3) is 0 Å². The molecule has 2 aliphatic rings. The van der Waals surface area contributed by atoms with Crippen molar-refractivity contribution in [2.45, 2.75) is 58.2 Å². The Morgan fingerprint density at radius 2 is 2.11 bits per heavy atom. The molecule has 1 saturated carbocycles. The van der Waals surface area contributed by atoms with Crippen LogP contribution in [0.5, 0.6) is 0 Å². The van der Waals surface area contributed by atoms with Gasteiger partial charge in [-0.2, -0.15) is 5.10 Å². The van der Waals surface area contributed by atoms with Crippen molar-refractivity contribution in [2.75, 3.05) is 11.4 Å². The topological polar surface area (TPSA) is 41.0 Å².